The predicted octanol–water partition coefficient (Wildman–Crippen LogP) is 4.17. The lowest BCUT2D eigenvalue weighted by Gasteiger charge is -2.32. The van der Waals surface area contributed by atoms with Crippen molar-refractivity contribution >= 4 is 21.6 Å². The summed E-state index contributed by atoms with van der Waals surface area (Å²) in [4.78, 5) is 12.8. The Morgan fingerprint density at radius 2 is 1.84 bits per heavy atom. The molecular weight excluding hydrogens is 430 g/mol. The highest BCUT2D eigenvalue weighted by Crippen LogP contribution is 2.26. The van der Waals surface area contributed by atoms with Gasteiger partial charge in [0.2, 0.25) is 10.0 Å². The fourth-order valence-corrected chi connectivity index (χ4v) is 5.44. The minimum Gasteiger partial charge on any atom is -0.497 e. The number of carbonyl (C=O) groups is 1. The highest BCUT2D eigenvalue weighted by atomic mass is 32.2. The zero-order chi connectivity index (χ0) is 22.7. The molecule has 1 atom stereocenters. The van der Waals surface area contributed by atoms with E-state index in [1.807, 2.05) is 19.1 Å². The molecule has 1 aromatic heterocycles. The molecule has 0 unspecified atom stereocenters. The van der Waals surface area contributed by atoms with E-state index in [9.17, 15) is 13.2 Å². The molecule has 4 rings (SSSR count). The number of anilines is 1. The predicted molar refractivity (Wildman–Crippen MR) is 120 cm³/mol. The molecule has 168 valence electrons. The molecule has 2 aromatic carbocycles. The van der Waals surface area contributed by atoms with E-state index in [-0.39, 0.29) is 16.6 Å². The molecule has 0 spiro atoms. The fraction of sp³-hybridized carbons (Fsp3) is 0.304. The highest BCUT2D eigenvalue weighted by molar-refractivity contribution is 7.89. The number of sulfonamides is 1. The van der Waals surface area contributed by atoms with Crippen LogP contribution >= 0.6 is 0 Å². The van der Waals surface area contributed by atoms with Gasteiger partial charge in [-0.2, -0.15) is 4.31 Å². The van der Waals surface area contributed by atoms with Crippen LogP contribution in [0.1, 0.15) is 36.7 Å². The van der Waals surface area contributed by atoms with E-state index >= 15 is 0 Å². The lowest BCUT2D eigenvalue weighted by Crippen LogP contribution is -2.41. The van der Waals surface area contributed by atoms with E-state index in [1.54, 1.807) is 41.7 Å². The van der Waals surface area contributed by atoms with E-state index in [1.165, 1.54) is 12.1 Å². The van der Waals surface area contributed by atoms with Gasteiger partial charge in [-0.05, 0) is 68.3 Å². The number of hydrogen-bond donors (Lipinski definition) is 1. The van der Waals surface area contributed by atoms with Crippen molar-refractivity contribution in [2.75, 3.05) is 19.0 Å². The number of nitrogens with one attached hydrogen (secondary N) is 1. The molecule has 2 heterocycles. The monoisotopic (exact) mass is 455 g/mol. The molecule has 1 aliphatic heterocycles. The summed E-state index contributed by atoms with van der Waals surface area (Å²) in [6.07, 6.45) is 2.78. The second-order valence-electron chi connectivity index (χ2n) is 7.74. The van der Waals surface area contributed by atoms with E-state index < -0.39 is 15.9 Å². The van der Waals surface area contributed by atoms with Gasteiger partial charge in [0, 0.05) is 29.9 Å². The van der Waals surface area contributed by atoms with Crippen molar-refractivity contribution in [1.29, 1.82) is 0 Å². The highest BCUT2D eigenvalue weighted by Gasteiger charge is 2.30. The summed E-state index contributed by atoms with van der Waals surface area (Å²) in [6.45, 7) is 2.47. The summed E-state index contributed by atoms with van der Waals surface area (Å²) in [7, 11) is -1.97. The first-order valence-electron chi connectivity index (χ1n) is 10.4. The van der Waals surface area contributed by atoms with Gasteiger partial charge in [0.25, 0.3) is 5.91 Å². The summed E-state index contributed by atoms with van der Waals surface area (Å²) in [5.74, 6) is 0.718. The average molecular weight is 456 g/mol. The minimum atomic E-state index is -3.56. The number of hydrogen-bond acceptors (Lipinski definition) is 6. The first-order chi connectivity index (χ1) is 15.4. The molecule has 32 heavy (non-hydrogen) atoms. The van der Waals surface area contributed by atoms with Gasteiger partial charge in [0.05, 0.1) is 12.0 Å². The van der Waals surface area contributed by atoms with E-state index in [2.05, 4.69) is 10.5 Å². The molecule has 0 saturated carbocycles. The number of benzene rings is 2. The lowest BCUT2D eigenvalue weighted by atomic mass is 10.1. The Kier molecular flexibility index (Phi) is 6.29. The van der Waals surface area contributed by atoms with Crippen LogP contribution in [-0.4, -0.2) is 43.5 Å². The maximum atomic E-state index is 12.9. The van der Waals surface area contributed by atoms with Crippen LogP contribution in [0.2, 0.25) is 0 Å². The zero-order valence-corrected chi connectivity index (χ0v) is 18.8. The summed E-state index contributed by atoms with van der Waals surface area (Å²) in [5, 5.41) is 6.56. The van der Waals surface area contributed by atoms with Crippen molar-refractivity contribution in [3.8, 4) is 17.1 Å². The van der Waals surface area contributed by atoms with Crippen molar-refractivity contribution in [3.05, 3.63) is 60.3 Å². The molecule has 8 nitrogen and oxygen atoms in total. The molecule has 0 bridgehead atoms. The summed E-state index contributed by atoms with van der Waals surface area (Å²) < 4.78 is 37.9. The van der Waals surface area contributed by atoms with Gasteiger partial charge in [-0.1, -0.05) is 11.6 Å². The molecular formula is C23H25N3O5S. The van der Waals surface area contributed by atoms with Gasteiger partial charge in [-0.15, -0.1) is 0 Å². The van der Waals surface area contributed by atoms with Crippen LogP contribution in [0.25, 0.3) is 11.3 Å². The standard InChI is InChI=1S/C23H25N3O5S/c1-16-5-3-4-14-26(16)32(28,29)20-12-8-18(9-13-20)24-23(27)21-15-22(31-25-21)17-6-10-19(30-2)11-7-17/h6-13,15-16H,3-5,14H2,1-2H3,(H,24,27)/t16-/m0/s1. The maximum Gasteiger partial charge on any atom is 0.277 e. The van der Waals surface area contributed by atoms with Gasteiger partial charge in [-0.3, -0.25) is 4.79 Å². The second kappa shape index (κ2) is 9.13. The van der Waals surface area contributed by atoms with Gasteiger partial charge >= 0.3 is 0 Å². The maximum absolute atomic E-state index is 12.9. The van der Waals surface area contributed by atoms with Gasteiger partial charge in [0.15, 0.2) is 11.5 Å². The smallest absolute Gasteiger partial charge is 0.277 e. The molecule has 1 amide bonds. The minimum absolute atomic E-state index is 0.0137. The Balaban J connectivity index is 1.44. The lowest BCUT2D eigenvalue weighted by molar-refractivity contribution is 0.101. The second-order valence-corrected chi connectivity index (χ2v) is 9.63. The molecule has 0 radical (unpaired) electrons. The van der Waals surface area contributed by atoms with E-state index in [0.717, 1.165) is 24.8 Å². The number of amides is 1. The number of carbonyl (C=O) groups excluding carboxylic acids is 1. The Morgan fingerprint density at radius 3 is 2.50 bits per heavy atom. The summed E-state index contributed by atoms with van der Waals surface area (Å²) >= 11 is 0. The third-order valence-electron chi connectivity index (χ3n) is 5.58. The van der Waals surface area contributed by atoms with E-state index in [4.69, 9.17) is 9.26 Å². The Hall–Kier alpha value is -3.17. The molecule has 3 aromatic rings. The third-order valence-corrected chi connectivity index (χ3v) is 7.61. The van der Waals surface area contributed by atoms with Crippen LogP contribution in [0, 0.1) is 0 Å². The van der Waals surface area contributed by atoms with Crippen LogP contribution < -0.4 is 10.1 Å². The van der Waals surface area contributed by atoms with Gasteiger partial charge in [0.1, 0.15) is 5.75 Å². The first-order valence-corrected chi connectivity index (χ1v) is 11.9. The van der Waals surface area contributed by atoms with Crippen molar-refractivity contribution < 1.29 is 22.5 Å². The normalized spacial score (nSPS) is 17.1. The summed E-state index contributed by atoms with van der Waals surface area (Å²) in [6, 6.07) is 14.9. The number of nitrogens with zero attached hydrogens (tertiary/aromatic N) is 2. The number of rotatable bonds is 6. The molecule has 1 N–H and O–H groups in total. The largest absolute Gasteiger partial charge is 0.497 e. The molecule has 1 fully saturated rings. The number of piperidine rings is 1. The van der Waals surface area contributed by atoms with Crippen molar-refractivity contribution in [3.63, 3.8) is 0 Å². The van der Waals surface area contributed by atoms with Crippen molar-refractivity contribution in [2.45, 2.75) is 37.1 Å². The van der Waals surface area contributed by atoms with Crippen LogP contribution in [-0.2, 0) is 10.0 Å². The van der Waals surface area contributed by atoms with Gasteiger partial charge in [-0.25, -0.2) is 8.42 Å². The topological polar surface area (TPSA) is 102 Å². The number of methoxy groups -OCH3 is 1. The fourth-order valence-electron chi connectivity index (χ4n) is 3.74. The molecule has 9 heteroatoms. The van der Waals surface area contributed by atoms with Gasteiger partial charge < -0.3 is 14.6 Å². The van der Waals surface area contributed by atoms with Crippen molar-refractivity contribution in [1.82, 2.24) is 9.46 Å². The van der Waals surface area contributed by atoms with Crippen LogP contribution in [0.3, 0.4) is 0 Å². The molecule has 1 aliphatic rings. The molecule has 1 saturated heterocycles. The average Bonchev–Trinajstić information content (AvgIpc) is 3.30. The van der Waals surface area contributed by atoms with Crippen molar-refractivity contribution in [2.24, 2.45) is 0 Å². The van der Waals surface area contributed by atoms with Crippen LogP contribution in [0.15, 0.2) is 64.0 Å². The van der Waals surface area contributed by atoms with Crippen LogP contribution in [0.4, 0.5) is 5.69 Å². The Morgan fingerprint density at radius 1 is 1.12 bits per heavy atom. The zero-order valence-electron chi connectivity index (χ0n) is 17.9. The Bertz CT molecular complexity index is 1190. The Labute approximate surface area is 187 Å². The quantitative estimate of drug-likeness (QED) is 0.599. The summed E-state index contributed by atoms with van der Waals surface area (Å²) in [5.41, 5.74) is 1.35. The SMILES string of the molecule is COc1ccc(-c2cc(C(=O)Nc3ccc(S(=O)(=O)N4CCCC[C@@H]4C)cc3)no2)cc1. The van der Waals surface area contributed by atoms with Crippen LogP contribution in [0.5, 0.6) is 5.75 Å². The number of aromatic nitrogens is 1. The number of ether oxygens (including phenoxy) is 1. The molecule has 0 aliphatic carbocycles. The third kappa shape index (κ3) is 4.53. The first kappa shape index (κ1) is 22.0. The van der Waals surface area contributed by atoms with E-state index in [0.29, 0.717) is 23.7 Å².